The number of aromatic nitrogens is 1. The van der Waals surface area contributed by atoms with Crippen LogP contribution in [-0.2, 0) is 4.79 Å². The molecular formula is C18H23ClN4OS. The number of hydrogen-bond acceptors (Lipinski definition) is 5. The van der Waals surface area contributed by atoms with Gasteiger partial charge in [-0.3, -0.25) is 9.69 Å². The van der Waals surface area contributed by atoms with Gasteiger partial charge in [-0.25, -0.2) is 4.98 Å². The summed E-state index contributed by atoms with van der Waals surface area (Å²) >= 11 is 7.82. The van der Waals surface area contributed by atoms with Crippen molar-refractivity contribution in [1.82, 2.24) is 14.8 Å². The van der Waals surface area contributed by atoms with Crippen molar-refractivity contribution < 1.29 is 4.79 Å². The van der Waals surface area contributed by atoms with Gasteiger partial charge in [0, 0.05) is 50.2 Å². The van der Waals surface area contributed by atoms with E-state index in [1.807, 2.05) is 30.1 Å². The molecule has 1 atom stereocenters. The lowest BCUT2D eigenvalue weighted by Crippen LogP contribution is -2.61. The quantitative estimate of drug-likeness (QED) is 0.764. The predicted molar refractivity (Wildman–Crippen MR) is 104 cm³/mol. The number of likely N-dealkylation sites (N-methyl/N-ethyl adjacent to an activating group) is 1. The second kappa shape index (κ2) is 6.41. The van der Waals surface area contributed by atoms with E-state index in [1.165, 1.54) is 0 Å². The number of carbonyl (C=O) groups is 1. The normalized spacial score (nSPS) is 25.8. The van der Waals surface area contributed by atoms with E-state index in [4.69, 9.17) is 16.6 Å². The first-order chi connectivity index (χ1) is 12.0. The van der Waals surface area contributed by atoms with Crippen molar-refractivity contribution in [3.63, 3.8) is 0 Å². The minimum absolute atomic E-state index is 0.0498. The molecule has 25 heavy (non-hydrogen) atoms. The number of hydrogen-bond donors (Lipinski definition) is 0. The second-order valence-corrected chi connectivity index (χ2v) is 8.69. The molecule has 134 valence electrons. The Bertz CT molecular complexity index is 809. The van der Waals surface area contributed by atoms with E-state index < -0.39 is 0 Å². The van der Waals surface area contributed by atoms with Crippen LogP contribution in [0.1, 0.15) is 19.3 Å². The highest BCUT2D eigenvalue weighted by atomic mass is 35.5. The number of piperazine rings is 1. The molecule has 0 radical (unpaired) electrons. The first-order valence-corrected chi connectivity index (χ1v) is 9.93. The Balaban J connectivity index is 1.62. The van der Waals surface area contributed by atoms with Crippen LogP contribution >= 0.6 is 22.9 Å². The number of nitrogens with zero attached hydrogens (tertiary/aromatic N) is 4. The lowest BCUT2D eigenvalue weighted by molar-refractivity contribution is -0.129. The number of likely N-dealkylation sites (tertiary alicyclic amines) is 1. The van der Waals surface area contributed by atoms with Gasteiger partial charge >= 0.3 is 0 Å². The number of anilines is 1. The number of carbonyl (C=O) groups excluding carboxylic acids is 1. The van der Waals surface area contributed by atoms with Gasteiger partial charge < -0.3 is 9.80 Å². The van der Waals surface area contributed by atoms with Crippen LogP contribution in [0.2, 0.25) is 5.02 Å². The summed E-state index contributed by atoms with van der Waals surface area (Å²) < 4.78 is 1.13. The molecule has 0 N–H and O–H groups in total. The Morgan fingerprint density at radius 1 is 1.20 bits per heavy atom. The average Bonchev–Trinajstić information content (AvgIpc) is 2.96. The maximum atomic E-state index is 12.1. The second-order valence-electron chi connectivity index (χ2n) is 7.24. The molecule has 2 aliphatic rings. The summed E-state index contributed by atoms with van der Waals surface area (Å²) in [5, 5.41) is 1.82. The van der Waals surface area contributed by atoms with Gasteiger partial charge in [0.05, 0.1) is 10.2 Å². The van der Waals surface area contributed by atoms with Crippen LogP contribution in [0.4, 0.5) is 5.13 Å². The van der Waals surface area contributed by atoms with Gasteiger partial charge in [0.25, 0.3) is 0 Å². The van der Waals surface area contributed by atoms with E-state index in [0.717, 1.165) is 59.4 Å². The minimum Gasteiger partial charge on any atom is -0.346 e. The third kappa shape index (κ3) is 3.11. The molecule has 0 aliphatic carbocycles. The molecule has 5 nitrogen and oxygen atoms in total. The van der Waals surface area contributed by atoms with Crippen LogP contribution in [0.15, 0.2) is 18.2 Å². The lowest BCUT2D eigenvalue weighted by Gasteiger charge is -2.49. The molecule has 1 amide bonds. The summed E-state index contributed by atoms with van der Waals surface area (Å²) in [5.74, 6) is 0.261. The summed E-state index contributed by atoms with van der Waals surface area (Å²) in [6.45, 7) is 3.72. The number of rotatable bonds is 1. The number of halogens is 1. The molecule has 0 bridgehead atoms. The molecule has 7 heteroatoms. The van der Waals surface area contributed by atoms with Gasteiger partial charge in [-0.05, 0) is 38.1 Å². The van der Waals surface area contributed by atoms with Gasteiger partial charge in [-0.15, -0.1) is 0 Å². The Labute approximate surface area is 157 Å². The highest BCUT2D eigenvalue weighted by Gasteiger charge is 2.42. The van der Waals surface area contributed by atoms with E-state index in [1.54, 1.807) is 11.3 Å². The van der Waals surface area contributed by atoms with E-state index in [2.05, 4.69) is 16.8 Å². The van der Waals surface area contributed by atoms with Gasteiger partial charge in [-0.2, -0.15) is 0 Å². The van der Waals surface area contributed by atoms with Crippen LogP contribution in [-0.4, -0.2) is 66.5 Å². The monoisotopic (exact) mass is 378 g/mol. The topological polar surface area (TPSA) is 39.7 Å². The third-order valence-corrected chi connectivity index (χ3v) is 7.07. The largest absolute Gasteiger partial charge is 0.346 e. The van der Waals surface area contributed by atoms with Crippen molar-refractivity contribution in [1.29, 1.82) is 0 Å². The fourth-order valence-electron chi connectivity index (χ4n) is 3.94. The SMILES string of the molecule is CN1CC[C@@]2(CCC1=O)CN(c1nc3ccc(Cl)cc3s1)CCN2C. The standard InChI is InChI=1S/C18H23ClN4OS/c1-21-8-7-18(6-5-16(21)24)12-23(10-9-22(18)2)17-20-14-4-3-13(19)11-15(14)25-17/h3-4,11H,5-10,12H2,1-2H3/t18-/m0/s1. The first kappa shape index (κ1) is 17.1. The van der Waals surface area contributed by atoms with Crippen LogP contribution in [0.5, 0.6) is 0 Å². The van der Waals surface area contributed by atoms with Crippen molar-refractivity contribution in [3.8, 4) is 0 Å². The van der Waals surface area contributed by atoms with Crippen molar-refractivity contribution >= 4 is 44.2 Å². The zero-order chi connectivity index (χ0) is 17.6. The van der Waals surface area contributed by atoms with E-state index in [0.29, 0.717) is 6.42 Å². The van der Waals surface area contributed by atoms with E-state index >= 15 is 0 Å². The zero-order valence-corrected chi connectivity index (χ0v) is 16.2. The highest BCUT2D eigenvalue weighted by molar-refractivity contribution is 7.22. The lowest BCUT2D eigenvalue weighted by atomic mass is 9.86. The number of amides is 1. The summed E-state index contributed by atoms with van der Waals surface area (Å²) in [4.78, 5) is 23.7. The Morgan fingerprint density at radius 2 is 2.04 bits per heavy atom. The summed E-state index contributed by atoms with van der Waals surface area (Å²) in [6, 6.07) is 5.87. The molecule has 0 unspecified atom stereocenters. The van der Waals surface area contributed by atoms with Crippen LogP contribution in [0, 0.1) is 0 Å². The summed E-state index contributed by atoms with van der Waals surface area (Å²) in [7, 11) is 4.12. The molecule has 3 heterocycles. The smallest absolute Gasteiger partial charge is 0.222 e. The van der Waals surface area contributed by atoms with Crippen molar-refractivity contribution in [2.75, 3.05) is 45.2 Å². The molecule has 2 aliphatic heterocycles. The Morgan fingerprint density at radius 3 is 2.88 bits per heavy atom. The van der Waals surface area contributed by atoms with Crippen molar-refractivity contribution in [3.05, 3.63) is 23.2 Å². The fourth-order valence-corrected chi connectivity index (χ4v) is 5.21. The Kier molecular flexibility index (Phi) is 4.38. The van der Waals surface area contributed by atoms with Gasteiger partial charge in [-0.1, -0.05) is 22.9 Å². The maximum Gasteiger partial charge on any atom is 0.222 e. The number of fused-ring (bicyclic) bond motifs is 1. The van der Waals surface area contributed by atoms with Crippen LogP contribution in [0.25, 0.3) is 10.2 Å². The average molecular weight is 379 g/mol. The first-order valence-electron chi connectivity index (χ1n) is 8.73. The molecule has 2 saturated heterocycles. The maximum absolute atomic E-state index is 12.1. The predicted octanol–water partition coefficient (Wildman–Crippen LogP) is 3.08. The van der Waals surface area contributed by atoms with E-state index in [-0.39, 0.29) is 11.4 Å². The van der Waals surface area contributed by atoms with Crippen LogP contribution in [0.3, 0.4) is 0 Å². The van der Waals surface area contributed by atoms with Gasteiger partial charge in [0.15, 0.2) is 5.13 Å². The van der Waals surface area contributed by atoms with E-state index in [9.17, 15) is 4.79 Å². The summed E-state index contributed by atoms with van der Waals surface area (Å²) in [6.07, 6.45) is 2.56. The molecule has 2 fully saturated rings. The summed E-state index contributed by atoms with van der Waals surface area (Å²) in [5.41, 5.74) is 1.06. The van der Waals surface area contributed by atoms with Crippen molar-refractivity contribution in [2.24, 2.45) is 0 Å². The molecule has 4 rings (SSSR count). The van der Waals surface area contributed by atoms with Crippen molar-refractivity contribution in [2.45, 2.75) is 24.8 Å². The highest BCUT2D eigenvalue weighted by Crippen LogP contribution is 2.37. The molecule has 0 saturated carbocycles. The number of benzene rings is 1. The number of thiazole rings is 1. The minimum atomic E-state index is 0.0498. The Hall–Kier alpha value is -1.37. The zero-order valence-electron chi connectivity index (χ0n) is 14.7. The molecule has 1 aromatic carbocycles. The third-order valence-electron chi connectivity index (χ3n) is 5.75. The van der Waals surface area contributed by atoms with Gasteiger partial charge in [0.2, 0.25) is 5.91 Å². The molecular weight excluding hydrogens is 356 g/mol. The van der Waals surface area contributed by atoms with Crippen LogP contribution < -0.4 is 4.90 Å². The molecule has 1 spiro atoms. The molecule has 2 aromatic rings. The fraction of sp³-hybridized carbons (Fsp3) is 0.556. The molecule has 1 aromatic heterocycles. The van der Waals surface area contributed by atoms with Gasteiger partial charge in [0.1, 0.15) is 0 Å².